The third kappa shape index (κ3) is 2.22. The third-order valence-electron chi connectivity index (χ3n) is 2.55. The van der Waals surface area contributed by atoms with Gasteiger partial charge in [0, 0.05) is 51.4 Å². The molecule has 3 rings (SSSR count). The van der Waals surface area contributed by atoms with Crippen molar-refractivity contribution in [2.75, 3.05) is 0 Å². The molecule has 0 fully saturated rings. The maximum Gasteiger partial charge on any atom is 0.202 e. The summed E-state index contributed by atoms with van der Waals surface area (Å²) in [4.78, 5) is 0. The monoisotopic (exact) mass is 219 g/mol. The van der Waals surface area contributed by atoms with Gasteiger partial charge < -0.3 is 4.74 Å². The fraction of sp³-hybridized carbons (Fsp3) is 0. The van der Waals surface area contributed by atoms with Crippen LogP contribution >= 0.6 is 0 Å². The number of ether oxygens (including phenoxy) is 1. The number of hydrogen-bond donors (Lipinski definition) is 0. The van der Waals surface area contributed by atoms with E-state index < -0.39 is 0 Å². The summed E-state index contributed by atoms with van der Waals surface area (Å²) in [7, 11) is 0.979. The molecule has 1 nitrogen and oxygen atoms in total. The zero-order chi connectivity index (χ0) is 9.38. The quantitative estimate of drug-likeness (QED) is 0.508. The smallest absolute Gasteiger partial charge is 0.202 e. The summed E-state index contributed by atoms with van der Waals surface area (Å²) in [5.41, 5.74) is 2.54. The van der Waals surface area contributed by atoms with Gasteiger partial charge in [-0.1, -0.05) is 36.4 Å². The Hall–Kier alpha value is -0.0587. The molecule has 0 saturated carbocycles. The summed E-state index contributed by atoms with van der Waals surface area (Å²) in [6.45, 7) is 0. The van der Waals surface area contributed by atoms with Crippen molar-refractivity contribution in [3.05, 3.63) is 48.5 Å². The van der Waals surface area contributed by atoms with Crippen LogP contribution in [-0.2, 0) is 0 Å². The number of hydrogen-bond acceptors (Lipinski definition) is 1. The van der Waals surface area contributed by atoms with E-state index in [0.29, 0.717) is 0 Å². The van der Waals surface area contributed by atoms with Gasteiger partial charge in [0.15, 0.2) is 0 Å². The molecular formula is C12H9BKO. The van der Waals surface area contributed by atoms with Crippen LogP contribution in [0.4, 0.5) is 0 Å². The first-order valence-corrected chi connectivity index (χ1v) is 4.77. The molecule has 0 bridgehead atoms. The normalized spacial score (nSPS) is 11.2. The summed E-state index contributed by atoms with van der Waals surface area (Å²) in [6.07, 6.45) is 0. The topological polar surface area (TPSA) is 9.23 Å². The molecule has 1 aliphatic rings. The Labute approximate surface area is 133 Å². The standard InChI is InChI=1S/C12H9BO.K/c1-3-7-11-9(5-1)13-10-6-2-4-8-12(10)14-11;/h1-8,13H;. The first-order chi connectivity index (χ1) is 6.93. The minimum absolute atomic E-state index is 0. The molecule has 0 amide bonds. The second-order valence-corrected chi connectivity index (χ2v) is 3.49. The fourth-order valence-corrected chi connectivity index (χ4v) is 1.82. The molecule has 0 unspecified atom stereocenters. The SMILES string of the molecule is B1c2ccccc2Oc2ccccc21.[K]. The van der Waals surface area contributed by atoms with Crippen LogP contribution in [0.25, 0.3) is 0 Å². The van der Waals surface area contributed by atoms with E-state index in [4.69, 9.17) is 4.74 Å². The van der Waals surface area contributed by atoms with Crippen molar-refractivity contribution in [3.63, 3.8) is 0 Å². The molecule has 1 heterocycles. The number of fused-ring (bicyclic) bond motifs is 2. The van der Waals surface area contributed by atoms with Crippen LogP contribution in [0.2, 0.25) is 0 Å². The van der Waals surface area contributed by atoms with Crippen LogP contribution in [0.5, 0.6) is 11.5 Å². The summed E-state index contributed by atoms with van der Waals surface area (Å²) >= 11 is 0. The van der Waals surface area contributed by atoms with Gasteiger partial charge in [-0.3, -0.25) is 0 Å². The molecule has 0 spiro atoms. The Bertz CT molecular complexity index is 397. The minimum atomic E-state index is 0. The third-order valence-corrected chi connectivity index (χ3v) is 2.55. The summed E-state index contributed by atoms with van der Waals surface area (Å²) in [6, 6.07) is 16.4. The number of para-hydroxylation sites is 2. The molecule has 0 N–H and O–H groups in total. The Kier molecular flexibility index (Phi) is 3.69. The average molecular weight is 219 g/mol. The van der Waals surface area contributed by atoms with Gasteiger partial charge in [0.05, 0.1) is 0 Å². The Morgan fingerprint density at radius 3 is 1.73 bits per heavy atom. The van der Waals surface area contributed by atoms with E-state index in [1.165, 1.54) is 10.9 Å². The summed E-state index contributed by atoms with van der Waals surface area (Å²) in [5.74, 6) is 1.98. The molecule has 0 atom stereocenters. The largest absolute Gasteiger partial charge is 0.459 e. The average Bonchev–Trinajstić information content (AvgIpc) is 2.26. The zero-order valence-corrected chi connectivity index (χ0v) is 11.9. The van der Waals surface area contributed by atoms with Crippen LogP contribution in [0.1, 0.15) is 0 Å². The van der Waals surface area contributed by atoms with Crippen molar-refractivity contribution < 1.29 is 4.74 Å². The Balaban J connectivity index is 0.000000853. The molecule has 3 heteroatoms. The summed E-state index contributed by atoms with van der Waals surface area (Å²) in [5, 5.41) is 0. The molecule has 2 aromatic rings. The number of rotatable bonds is 0. The van der Waals surface area contributed by atoms with E-state index in [-0.39, 0.29) is 51.4 Å². The van der Waals surface area contributed by atoms with E-state index in [9.17, 15) is 0 Å². The maximum absolute atomic E-state index is 5.78. The molecule has 15 heavy (non-hydrogen) atoms. The molecule has 1 radical (unpaired) electrons. The van der Waals surface area contributed by atoms with E-state index in [0.717, 1.165) is 18.8 Å². The van der Waals surface area contributed by atoms with Crippen molar-refractivity contribution in [2.45, 2.75) is 0 Å². The van der Waals surface area contributed by atoms with Crippen molar-refractivity contribution in [1.82, 2.24) is 0 Å². The van der Waals surface area contributed by atoms with E-state index in [2.05, 4.69) is 24.3 Å². The van der Waals surface area contributed by atoms with Gasteiger partial charge in [0.1, 0.15) is 11.5 Å². The van der Waals surface area contributed by atoms with Crippen molar-refractivity contribution in [1.29, 1.82) is 0 Å². The minimum Gasteiger partial charge on any atom is -0.459 e. The maximum atomic E-state index is 5.78. The fourth-order valence-electron chi connectivity index (χ4n) is 1.82. The summed E-state index contributed by atoms with van der Waals surface area (Å²) < 4.78 is 5.78. The molecule has 0 aromatic heterocycles. The van der Waals surface area contributed by atoms with Gasteiger partial charge in [0.25, 0.3) is 0 Å². The van der Waals surface area contributed by atoms with Crippen molar-refractivity contribution in [3.8, 4) is 11.5 Å². The van der Waals surface area contributed by atoms with Crippen LogP contribution in [0.15, 0.2) is 48.5 Å². The van der Waals surface area contributed by atoms with E-state index >= 15 is 0 Å². The Morgan fingerprint density at radius 2 is 1.20 bits per heavy atom. The Morgan fingerprint density at radius 1 is 0.733 bits per heavy atom. The predicted octanol–water partition coefficient (Wildman–Crippen LogP) is 0.799. The molecule has 0 aliphatic carbocycles. The molecular weight excluding hydrogens is 210 g/mol. The zero-order valence-electron chi connectivity index (χ0n) is 8.73. The van der Waals surface area contributed by atoms with Gasteiger partial charge in [0.2, 0.25) is 7.28 Å². The van der Waals surface area contributed by atoms with E-state index in [1.807, 2.05) is 24.3 Å². The van der Waals surface area contributed by atoms with Gasteiger partial charge in [-0.15, -0.1) is 0 Å². The van der Waals surface area contributed by atoms with Gasteiger partial charge in [-0.2, -0.15) is 0 Å². The second-order valence-electron chi connectivity index (χ2n) is 3.49. The van der Waals surface area contributed by atoms with Crippen molar-refractivity contribution in [2.24, 2.45) is 0 Å². The number of benzene rings is 2. The van der Waals surface area contributed by atoms with Crippen LogP contribution in [-0.4, -0.2) is 58.7 Å². The van der Waals surface area contributed by atoms with Gasteiger partial charge >= 0.3 is 0 Å². The molecule has 1 aliphatic heterocycles. The first kappa shape index (κ1) is 11.4. The van der Waals surface area contributed by atoms with Crippen LogP contribution in [0, 0.1) is 0 Å². The predicted molar refractivity (Wildman–Crippen MR) is 65.1 cm³/mol. The van der Waals surface area contributed by atoms with Crippen LogP contribution < -0.4 is 15.7 Å². The molecule has 67 valence electrons. The van der Waals surface area contributed by atoms with Crippen LogP contribution in [0.3, 0.4) is 0 Å². The first-order valence-electron chi connectivity index (χ1n) is 4.77. The molecule has 2 aromatic carbocycles. The second kappa shape index (κ2) is 4.85. The molecule has 0 saturated heterocycles. The van der Waals surface area contributed by atoms with Gasteiger partial charge in [-0.25, -0.2) is 0 Å². The van der Waals surface area contributed by atoms with E-state index in [1.54, 1.807) is 0 Å². The van der Waals surface area contributed by atoms with Gasteiger partial charge in [-0.05, 0) is 23.1 Å². The van der Waals surface area contributed by atoms with Crippen molar-refractivity contribution >= 4 is 69.6 Å².